The van der Waals surface area contributed by atoms with Gasteiger partial charge in [0.1, 0.15) is 41.7 Å². The molecule has 4 fully saturated rings. The quantitative estimate of drug-likeness (QED) is 0.159. The number of fused-ring (bicyclic) bond motifs is 3. The Bertz CT molecular complexity index is 2370. The van der Waals surface area contributed by atoms with Crippen LogP contribution in [0.1, 0.15) is 55.7 Å². The van der Waals surface area contributed by atoms with Crippen LogP contribution >= 0.6 is 11.3 Å². The number of thiophene rings is 1. The first-order valence-electron chi connectivity index (χ1n) is 19.1. The number of likely N-dealkylation sites (tertiary alicyclic amines) is 1. The standard InChI is InChI=1S/C39H38F9N7O3S/c1-3-54(19-9-20(16-57-2)55(15-19)35(56)22-11-27(22)42)34-23-10-25(38(43,44)45)29(21-5-6-26(41)32-28(21)24(13-49)33(50)59-32)30(39(46,47)48)31(23)51-36(52-34)58-17-37-7-4-8-53(37)14-18(40)12-37/h5-6,10,18-20,22,27H,3-4,7-9,11-12,14-17,50H2,1-2H3/t18-,19+,20-,22-,27-,37+/m1/s1. The van der Waals surface area contributed by atoms with Crippen LogP contribution in [0, 0.1) is 23.1 Å². The van der Waals surface area contributed by atoms with Crippen molar-refractivity contribution in [2.24, 2.45) is 5.92 Å². The van der Waals surface area contributed by atoms with E-state index >= 15 is 30.7 Å². The molecule has 1 saturated carbocycles. The molecule has 1 aliphatic carbocycles. The number of hydrogen-bond donors (Lipinski definition) is 1. The van der Waals surface area contributed by atoms with Crippen LogP contribution in [0.4, 0.5) is 50.3 Å². The van der Waals surface area contributed by atoms with E-state index in [-0.39, 0.29) is 62.9 Å². The van der Waals surface area contributed by atoms with Crippen LogP contribution in [0.15, 0.2) is 18.2 Å². The number of likely N-dealkylation sites (N-methyl/N-ethyl adjacent to an activating group) is 1. The van der Waals surface area contributed by atoms with E-state index in [0.717, 1.165) is 6.07 Å². The molecule has 4 aromatic rings. The van der Waals surface area contributed by atoms with Crippen molar-refractivity contribution in [1.82, 2.24) is 19.8 Å². The highest BCUT2D eigenvalue weighted by Gasteiger charge is 2.52. The minimum absolute atomic E-state index is 0.0280. The maximum absolute atomic E-state index is 15.8. The summed E-state index contributed by atoms with van der Waals surface area (Å²) in [5.41, 5.74) is -2.12. The van der Waals surface area contributed by atoms with Crippen LogP contribution in [0.2, 0.25) is 0 Å². The summed E-state index contributed by atoms with van der Waals surface area (Å²) in [5.74, 6) is -2.71. The molecule has 316 valence electrons. The average molecular weight is 856 g/mol. The summed E-state index contributed by atoms with van der Waals surface area (Å²) in [7, 11) is 1.40. The molecule has 3 aliphatic heterocycles. The van der Waals surface area contributed by atoms with Crippen molar-refractivity contribution >= 4 is 49.1 Å². The lowest BCUT2D eigenvalue weighted by Gasteiger charge is -2.32. The number of nitrogens with zero attached hydrogens (tertiary/aromatic N) is 6. The van der Waals surface area contributed by atoms with E-state index in [0.29, 0.717) is 42.9 Å². The number of hydrogen-bond acceptors (Lipinski definition) is 10. The van der Waals surface area contributed by atoms with Crippen molar-refractivity contribution < 1.29 is 53.8 Å². The Labute approximate surface area is 335 Å². The average Bonchev–Trinajstić information content (AvgIpc) is 3.45. The third kappa shape index (κ3) is 7.05. The number of rotatable bonds is 10. The van der Waals surface area contributed by atoms with E-state index in [9.17, 15) is 18.8 Å². The highest BCUT2D eigenvalue weighted by molar-refractivity contribution is 7.23. The molecule has 8 rings (SSSR count). The molecule has 1 amide bonds. The molecule has 4 aliphatic rings. The second kappa shape index (κ2) is 14.8. The van der Waals surface area contributed by atoms with Gasteiger partial charge in [-0.1, -0.05) is 6.07 Å². The highest BCUT2D eigenvalue weighted by Crippen LogP contribution is 2.53. The van der Waals surface area contributed by atoms with Crippen LogP contribution in [-0.2, 0) is 21.9 Å². The number of methoxy groups -OCH3 is 1. The number of nitriles is 1. The number of carbonyl (C=O) groups excluding carboxylic acids is 1. The van der Waals surface area contributed by atoms with Crippen molar-refractivity contribution in [3.8, 4) is 23.2 Å². The lowest BCUT2D eigenvalue weighted by atomic mass is 9.88. The van der Waals surface area contributed by atoms with E-state index in [2.05, 4.69) is 9.97 Å². The Hall–Kier alpha value is -4.61. The fraction of sp³-hybridized carbons (Fsp3) is 0.538. The summed E-state index contributed by atoms with van der Waals surface area (Å²) >= 11 is 0.509. The topological polar surface area (TPSA) is 121 Å². The van der Waals surface area contributed by atoms with Gasteiger partial charge in [-0.15, -0.1) is 11.3 Å². The Balaban J connectivity index is 1.38. The monoisotopic (exact) mass is 855 g/mol. The van der Waals surface area contributed by atoms with Gasteiger partial charge in [-0.2, -0.15) is 41.6 Å². The largest absolute Gasteiger partial charge is 0.461 e. The second-order valence-electron chi connectivity index (χ2n) is 15.6. The molecule has 2 aromatic heterocycles. The van der Waals surface area contributed by atoms with Gasteiger partial charge in [-0.3, -0.25) is 9.69 Å². The van der Waals surface area contributed by atoms with Gasteiger partial charge in [0.05, 0.1) is 57.1 Å². The molecule has 2 N–H and O–H groups in total. The van der Waals surface area contributed by atoms with E-state index in [1.54, 1.807) is 13.0 Å². The number of nitrogens with two attached hydrogens (primary N) is 1. The molecular weight excluding hydrogens is 818 g/mol. The van der Waals surface area contributed by atoms with Gasteiger partial charge in [0.25, 0.3) is 0 Å². The molecule has 0 bridgehead atoms. The molecule has 0 spiro atoms. The zero-order chi connectivity index (χ0) is 42.3. The lowest BCUT2D eigenvalue weighted by Crippen LogP contribution is -2.43. The van der Waals surface area contributed by atoms with Crippen molar-refractivity contribution in [2.45, 2.75) is 81.3 Å². The van der Waals surface area contributed by atoms with Crippen LogP contribution in [0.3, 0.4) is 0 Å². The number of anilines is 2. The first-order valence-corrected chi connectivity index (χ1v) is 19.9. The second-order valence-corrected chi connectivity index (χ2v) is 16.7. The van der Waals surface area contributed by atoms with Crippen LogP contribution in [0.25, 0.3) is 32.1 Å². The Morgan fingerprint density at radius 2 is 1.88 bits per heavy atom. The zero-order valence-corrected chi connectivity index (χ0v) is 32.5. The Kier molecular flexibility index (Phi) is 10.3. The molecule has 5 heterocycles. The maximum Gasteiger partial charge on any atom is 0.419 e. The van der Waals surface area contributed by atoms with Crippen LogP contribution in [0.5, 0.6) is 6.01 Å². The molecule has 20 heteroatoms. The number of alkyl halides is 8. The van der Waals surface area contributed by atoms with E-state index in [4.69, 9.17) is 15.2 Å². The fourth-order valence-corrected chi connectivity index (χ4v) is 10.4. The predicted octanol–water partition coefficient (Wildman–Crippen LogP) is 7.90. The lowest BCUT2D eigenvalue weighted by molar-refractivity contribution is -0.141. The molecule has 3 saturated heterocycles. The van der Waals surface area contributed by atoms with E-state index in [1.807, 2.05) is 4.90 Å². The maximum atomic E-state index is 15.8. The summed E-state index contributed by atoms with van der Waals surface area (Å²) in [5, 5.41) is 8.44. The van der Waals surface area contributed by atoms with Crippen LogP contribution in [-0.4, -0.2) is 102 Å². The molecule has 0 radical (unpaired) electrons. The fourth-order valence-electron chi connectivity index (χ4n) is 9.40. The van der Waals surface area contributed by atoms with Gasteiger partial charge in [-0.05, 0) is 56.8 Å². The minimum Gasteiger partial charge on any atom is -0.461 e. The number of amides is 1. The van der Waals surface area contributed by atoms with Crippen molar-refractivity contribution in [3.05, 3.63) is 40.7 Å². The molecule has 6 atom stereocenters. The smallest absolute Gasteiger partial charge is 0.419 e. The molecule has 0 unspecified atom stereocenters. The number of ether oxygens (including phenoxy) is 2. The SMILES string of the molecule is CCN(c1nc(OC[C@@]23CCCN2C[C@H](F)C3)nc2c(C(F)(F)F)c(-c3ccc(F)c4sc(N)c(C#N)c34)c(C(F)(F)F)cc12)[C@H]1C[C@H](COC)N(C(=O)[C@@H]2C[C@H]2F)C1. The third-order valence-corrected chi connectivity index (χ3v) is 13.1. The normalized spacial score (nSPS) is 25.9. The van der Waals surface area contributed by atoms with Crippen molar-refractivity contribution in [2.75, 3.05) is 57.1 Å². The van der Waals surface area contributed by atoms with Gasteiger partial charge in [0.15, 0.2) is 0 Å². The number of benzene rings is 2. The summed E-state index contributed by atoms with van der Waals surface area (Å²) in [6.07, 6.45) is -12.1. The summed E-state index contributed by atoms with van der Waals surface area (Å²) in [4.78, 5) is 26.8. The van der Waals surface area contributed by atoms with Gasteiger partial charge in [-0.25, -0.2) is 13.2 Å². The predicted molar refractivity (Wildman–Crippen MR) is 200 cm³/mol. The van der Waals surface area contributed by atoms with Crippen molar-refractivity contribution in [3.63, 3.8) is 0 Å². The van der Waals surface area contributed by atoms with Gasteiger partial charge in [0.2, 0.25) is 5.91 Å². The Morgan fingerprint density at radius 3 is 2.53 bits per heavy atom. The van der Waals surface area contributed by atoms with Gasteiger partial charge in [0, 0.05) is 49.5 Å². The molecular formula is C39H38F9N7O3S. The van der Waals surface area contributed by atoms with E-state index < -0.39 is 115 Å². The molecule has 10 nitrogen and oxygen atoms in total. The summed E-state index contributed by atoms with van der Waals surface area (Å²) in [6, 6.07) is 1.70. The summed E-state index contributed by atoms with van der Waals surface area (Å²) < 4.78 is 149. The number of halogens is 9. The zero-order valence-electron chi connectivity index (χ0n) is 31.7. The highest BCUT2D eigenvalue weighted by atomic mass is 32.1. The third-order valence-electron chi connectivity index (χ3n) is 12.1. The van der Waals surface area contributed by atoms with Gasteiger partial charge < -0.3 is 25.0 Å². The Morgan fingerprint density at radius 1 is 1.14 bits per heavy atom. The van der Waals surface area contributed by atoms with E-state index in [1.165, 1.54) is 16.9 Å². The summed E-state index contributed by atoms with van der Waals surface area (Å²) in [6.45, 7) is 2.00. The first kappa shape index (κ1) is 41.1. The molecule has 2 aromatic carbocycles. The first-order chi connectivity index (χ1) is 27.9. The number of nitrogen functional groups attached to an aromatic ring is 1. The van der Waals surface area contributed by atoms with Crippen molar-refractivity contribution in [1.29, 1.82) is 5.26 Å². The number of aromatic nitrogens is 2. The minimum atomic E-state index is -5.56. The van der Waals surface area contributed by atoms with Crippen LogP contribution < -0.4 is 15.4 Å². The molecule has 59 heavy (non-hydrogen) atoms. The van der Waals surface area contributed by atoms with Gasteiger partial charge >= 0.3 is 18.4 Å². The number of carbonyl (C=O) groups is 1.